The maximum absolute atomic E-state index is 10.4. The molecule has 0 aromatic heterocycles. The standard InChI is InChI=1S/C10H22N.C7H8O3S/c1-9-7-6-8-11(4,5)10(9,2)3;1-6-2-4-7(5-3-6)11(8,9)10/h9H,6-8H2,1-5H3;2-5H,1H3,(H,8,9,10)/q+1;/p-1. The SMILES string of the molecule is CC1CCC[N+](C)(C)C1(C)C.Cc1ccc(S(=O)(=O)[O-])cc1. The van der Waals surface area contributed by atoms with Crippen molar-refractivity contribution < 1.29 is 17.5 Å². The summed E-state index contributed by atoms with van der Waals surface area (Å²) in [4.78, 5) is -0.178. The van der Waals surface area contributed by atoms with Gasteiger partial charge in [-0.1, -0.05) is 24.6 Å². The lowest BCUT2D eigenvalue weighted by Crippen LogP contribution is -2.62. The Kier molecular flexibility index (Phi) is 5.82. The zero-order valence-electron chi connectivity index (χ0n) is 14.6. The molecule has 1 atom stereocenters. The Balaban J connectivity index is 0.000000220. The Morgan fingerprint density at radius 3 is 2.05 bits per heavy atom. The first-order chi connectivity index (χ1) is 9.88. The van der Waals surface area contributed by atoms with Crippen molar-refractivity contribution in [2.24, 2.45) is 5.92 Å². The second-order valence-electron chi connectivity index (χ2n) is 7.37. The van der Waals surface area contributed by atoms with Crippen LogP contribution in [-0.2, 0) is 10.1 Å². The van der Waals surface area contributed by atoms with Gasteiger partial charge < -0.3 is 9.04 Å². The molecule has 1 unspecified atom stereocenters. The maximum Gasteiger partial charge on any atom is 0.124 e. The Morgan fingerprint density at radius 1 is 1.18 bits per heavy atom. The summed E-state index contributed by atoms with van der Waals surface area (Å²) in [5.74, 6) is 0.867. The summed E-state index contributed by atoms with van der Waals surface area (Å²) in [6.07, 6.45) is 2.81. The van der Waals surface area contributed by atoms with Gasteiger partial charge in [0.15, 0.2) is 0 Å². The third kappa shape index (κ3) is 4.54. The van der Waals surface area contributed by atoms with E-state index in [4.69, 9.17) is 0 Å². The molecular weight excluding hydrogens is 298 g/mol. The molecule has 1 fully saturated rings. The second kappa shape index (κ2) is 6.69. The van der Waals surface area contributed by atoms with Crippen LogP contribution in [0.3, 0.4) is 0 Å². The van der Waals surface area contributed by atoms with E-state index >= 15 is 0 Å². The topological polar surface area (TPSA) is 57.2 Å². The minimum absolute atomic E-state index is 0.178. The van der Waals surface area contributed by atoms with Crippen LogP contribution in [0.4, 0.5) is 0 Å². The van der Waals surface area contributed by atoms with E-state index in [9.17, 15) is 13.0 Å². The zero-order chi connectivity index (χ0) is 17.2. The Bertz CT molecular complexity index is 589. The summed E-state index contributed by atoms with van der Waals surface area (Å²) < 4.78 is 32.4. The van der Waals surface area contributed by atoms with E-state index in [0.717, 1.165) is 11.5 Å². The Labute approximate surface area is 135 Å². The van der Waals surface area contributed by atoms with Gasteiger partial charge in [-0.05, 0) is 45.7 Å². The average molecular weight is 327 g/mol. The van der Waals surface area contributed by atoms with Crippen molar-refractivity contribution in [2.75, 3.05) is 20.6 Å². The molecule has 0 spiro atoms. The third-order valence-corrected chi connectivity index (χ3v) is 6.28. The number of hydrogen-bond acceptors (Lipinski definition) is 3. The van der Waals surface area contributed by atoms with Crippen LogP contribution < -0.4 is 0 Å². The quantitative estimate of drug-likeness (QED) is 0.588. The summed E-state index contributed by atoms with van der Waals surface area (Å²) >= 11 is 0. The van der Waals surface area contributed by atoms with Crippen LogP contribution in [0.1, 0.15) is 39.2 Å². The van der Waals surface area contributed by atoms with Crippen LogP contribution in [0, 0.1) is 12.8 Å². The summed E-state index contributed by atoms with van der Waals surface area (Å²) in [5, 5.41) is 0. The molecule has 2 rings (SSSR count). The van der Waals surface area contributed by atoms with Gasteiger partial charge in [-0.2, -0.15) is 0 Å². The van der Waals surface area contributed by atoms with Crippen LogP contribution in [0.15, 0.2) is 29.2 Å². The molecule has 1 aromatic rings. The van der Waals surface area contributed by atoms with E-state index in [0.29, 0.717) is 5.54 Å². The molecule has 1 aliphatic rings. The number of likely N-dealkylation sites (tertiary alicyclic amines) is 1. The minimum Gasteiger partial charge on any atom is -0.744 e. The predicted octanol–water partition coefficient (Wildman–Crippen LogP) is 3.17. The Morgan fingerprint density at radius 2 is 1.68 bits per heavy atom. The first-order valence-electron chi connectivity index (χ1n) is 7.73. The summed E-state index contributed by atoms with van der Waals surface area (Å²) in [6.45, 7) is 10.4. The first-order valence-corrected chi connectivity index (χ1v) is 9.14. The van der Waals surface area contributed by atoms with E-state index in [2.05, 4.69) is 34.9 Å². The minimum atomic E-state index is -4.27. The molecule has 0 amide bonds. The maximum atomic E-state index is 10.4. The van der Waals surface area contributed by atoms with Gasteiger partial charge in [0, 0.05) is 5.92 Å². The van der Waals surface area contributed by atoms with Gasteiger partial charge in [0.1, 0.15) is 10.1 Å². The van der Waals surface area contributed by atoms with E-state index < -0.39 is 10.1 Å². The lowest BCUT2D eigenvalue weighted by atomic mass is 9.79. The van der Waals surface area contributed by atoms with Gasteiger partial charge in [0.2, 0.25) is 0 Å². The van der Waals surface area contributed by atoms with Crippen molar-refractivity contribution in [2.45, 2.75) is 51.0 Å². The summed E-state index contributed by atoms with van der Waals surface area (Å²) in [5.41, 5.74) is 1.40. The zero-order valence-corrected chi connectivity index (χ0v) is 15.4. The van der Waals surface area contributed by atoms with E-state index in [-0.39, 0.29) is 4.90 Å². The highest BCUT2D eigenvalue weighted by Gasteiger charge is 2.43. The van der Waals surface area contributed by atoms with Gasteiger partial charge >= 0.3 is 0 Å². The predicted molar refractivity (Wildman–Crippen MR) is 88.6 cm³/mol. The van der Waals surface area contributed by atoms with Crippen LogP contribution in [-0.4, -0.2) is 43.6 Å². The number of benzene rings is 1. The van der Waals surface area contributed by atoms with Gasteiger partial charge in [-0.15, -0.1) is 0 Å². The number of nitrogens with zero attached hydrogens (tertiary/aromatic N) is 1. The second-order valence-corrected chi connectivity index (χ2v) is 8.75. The van der Waals surface area contributed by atoms with Crippen molar-refractivity contribution in [3.05, 3.63) is 29.8 Å². The number of rotatable bonds is 1. The lowest BCUT2D eigenvalue weighted by Gasteiger charge is -2.51. The molecule has 1 heterocycles. The molecule has 1 saturated heterocycles. The third-order valence-electron chi connectivity index (χ3n) is 5.43. The molecule has 1 aromatic carbocycles. The van der Waals surface area contributed by atoms with Crippen LogP contribution in [0.25, 0.3) is 0 Å². The molecule has 0 aliphatic carbocycles. The molecule has 1 aliphatic heterocycles. The van der Waals surface area contributed by atoms with Gasteiger partial charge in [0.05, 0.1) is 31.1 Å². The van der Waals surface area contributed by atoms with E-state index in [1.807, 2.05) is 6.92 Å². The molecule has 5 heteroatoms. The van der Waals surface area contributed by atoms with Gasteiger partial charge in [0.25, 0.3) is 0 Å². The summed E-state index contributed by atoms with van der Waals surface area (Å²) in [6, 6.07) is 5.78. The average Bonchev–Trinajstić information content (AvgIpc) is 2.36. The highest BCUT2D eigenvalue weighted by Crippen LogP contribution is 2.36. The molecule has 22 heavy (non-hydrogen) atoms. The van der Waals surface area contributed by atoms with E-state index in [1.165, 1.54) is 36.0 Å². The van der Waals surface area contributed by atoms with Gasteiger partial charge in [-0.3, -0.25) is 0 Å². The fraction of sp³-hybridized carbons (Fsp3) is 0.647. The molecular formula is C17H29NO3S. The Hall–Kier alpha value is -0.910. The lowest BCUT2D eigenvalue weighted by molar-refractivity contribution is -0.947. The smallest absolute Gasteiger partial charge is 0.124 e. The molecule has 126 valence electrons. The monoisotopic (exact) mass is 327 g/mol. The number of piperidine rings is 1. The van der Waals surface area contributed by atoms with Gasteiger partial charge in [-0.25, -0.2) is 8.42 Å². The van der Waals surface area contributed by atoms with Crippen molar-refractivity contribution in [1.29, 1.82) is 0 Å². The first kappa shape index (κ1) is 19.1. The van der Waals surface area contributed by atoms with Crippen molar-refractivity contribution in [3.8, 4) is 0 Å². The van der Waals surface area contributed by atoms with Crippen molar-refractivity contribution >= 4 is 10.1 Å². The molecule has 0 N–H and O–H groups in total. The van der Waals surface area contributed by atoms with Crippen molar-refractivity contribution in [3.63, 3.8) is 0 Å². The highest BCUT2D eigenvalue weighted by atomic mass is 32.2. The van der Waals surface area contributed by atoms with Crippen molar-refractivity contribution in [1.82, 2.24) is 0 Å². The van der Waals surface area contributed by atoms with Crippen LogP contribution in [0.2, 0.25) is 0 Å². The normalized spacial score (nSPS) is 23.3. The largest absolute Gasteiger partial charge is 0.744 e. The van der Waals surface area contributed by atoms with Crippen LogP contribution >= 0.6 is 0 Å². The molecule has 0 bridgehead atoms. The molecule has 0 saturated carbocycles. The number of aryl methyl sites for hydroxylation is 1. The van der Waals surface area contributed by atoms with E-state index in [1.54, 1.807) is 12.1 Å². The number of quaternary nitrogens is 1. The fourth-order valence-corrected chi connectivity index (χ4v) is 3.21. The fourth-order valence-electron chi connectivity index (χ4n) is 2.74. The molecule has 4 nitrogen and oxygen atoms in total. The summed E-state index contributed by atoms with van der Waals surface area (Å²) in [7, 11) is 0.444. The molecule has 0 radical (unpaired) electrons. The number of hydrogen-bond donors (Lipinski definition) is 0. The van der Waals surface area contributed by atoms with Crippen LogP contribution in [0.5, 0.6) is 0 Å². The highest BCUT2D eigenvalue weighted by molar-refractivity contribution is 7.85.